The molecule has 0 amide bonds. The number of pyridine rings is 1. The van der Waals surface area contributed by atoms with E-state index < -0.39 is 0 Å². The molecular weight excluding hydrogens is 220 g/mol. The fourth-order valence-corrected chi connectivity index (χ4v) is 2.86. The van der Waals surface area contributed by atoms with Gasteiger partial charge >= 0.3 is 0 Å². The molecule has 18 heavy (non-hydrogen) atoms. The largest absolute Gasteiger partial charge is 0.299 e. The van der Waals surface area contributed by atoms with Gasteiger partial charge in [-0.15, -0.1) is 0 Å². The molecule has 94 valence electrons. The van der Waals surface area contributed by atoms with Crippen LogP contribution in [0.2, 0.25) is 0 Å². The molecule has 3 rings (SSSR count). The Bertz CT molecular complexity index is 508. The Kier molecular flexibility index (Phi) is 3.56. The average molecular weight is 240 g/mol. The van der Waals surface area contributed by atoms with E-state index in [1.165, 1.54) is 55.1 Å². The van der Waals surface area contributed by atoms with Crippen LogP contribution in [0.5, 0.6) is 0 Å². The molecule has 0 bridgehead atoms. The van der Waals surface area contributed by atoms with Crippen molar-refractivity contribution >= 4 is 10.8 Å². The van der Waals surface area contributed by atoms with Crippen LogP contribution in [0, 0.1) is 0 Å². The predicted octanol–water partition coefficient (Wildman–Crippen LogP) is 3.61. The van der Waals surface area contributed by atoms with Crippen LogP contribution >= 0.6 is 0 Å². The van der Waals surface area contributed by atoms with Gasteiger partial charge in [0.15, 0.2) is 0 Å². The van der Waals surface area contributed by atoms with Crippen molar-refractivity contribution in [2.45, 2.75) is 32.2 Å². The summed E-state index contributed by atoms with van der Waals surface area (Å²) in [5, 5.41) is 2.61. The van der Waals surface area contributed by atoms with Crippen LogP contribution < -0.4 is 0 Å². The van der Waals surface area contributed by atoms with Gasteiger partial charge in [0.25, 0.3) is 0 Å². The van der Waals surface area contributed by atoms with Gasteiger partial charge in [-0.05, 0) is 42.9 Å². The van der Waals surface area contributed by atoms with E-state index in [-0.39, 0.29) is 0 Å². The van der Waals surface area contributed by atoms with Crippen LogP contribution in [0.15, 0.2) is 36.7 Å². The quantitative estimate of drug-likeness (QED) is 0.797. The smallest absolute Gasteiger partial charge is 0.0346 e. The first-order valence-corrected chi connectivity index (χ1v) is 6.97. The van der Waals surface area contributed by atoms with E-state index >= 15 is 0 Å². The topological polar surface area (TPSA) is 16.1 Å². The lowest BCUT2D eigenvalue weighted by Gasteiger charge is -2.20. The van der Waals surface area contributed by atoms with Crippen molar-refractivity contribution in [2.24, 2.45) is 0 Å². The average Bonchev–Trinajstić information content (AvgIpc) is 2.68. The molecule has 1 aromatic heterocycles. The first-order valence-electron chi connectivity index (χ1n) is 6.97. The molecule has 0 atom stereocenters. The second-order valence-electron chi connectivity index (χ2n) is 5.20. The maximum absolute atomic E-state index is 4.20. The minimum Gasteiger partial charge on any atom is -0.299 e. The van der Waals surface area contributed by atoms with Gasteiger partial charge in [-0.25, -0.2) is 0 Å². The van der Waals surface area contributed by atoms with E-state index in [0.717, 1.165) is 6.54 Å². The van der Waals surface area contributed by atoms with E-state index in [1.807, 2.05) is 12.4 Å². The Hall–Kier alpha value is -1.41. The van der Waals surface area contributed by atoms with Crippen LogP contribution in [0.4, 0.5) is 0 Å². The first kappa shape index (κ1) is 11.7. The summed E-state index contributed by atoms with van der Waals surface area (Å²) in [7, 11) is 0. The van der Waals surface area contributed by atoms with Gasteiger partial charge in [-0.3, -0.25) is 9.88 Å². The first-order chi connectivity index (χ1) is 8.93. The maximum atomic E-state index is 4.20. The van der Waals surface area contributed by atoms with Gasteiger partial charge in [-0.2, -0.15) is 0 Å². The van der Waals surface area contributed by atoms with E-state index in [0.29, 0.717) is 0 Å². The molecule has 0 spiro atoms. The van der Waals surface area contributed by atoms with Crippen LogP contribution in [-0.4, -0.2) is 23.0 Å². The van der Waals surface area contributed by atoms with E-state index in [9.17, 15) is 0 Å². The summed E-state index contributed by atoms with van der Waals surface area (Å²) in [6.07, 6.45) is 9.36. The molecule has 0 unspecified atom stereocenters. The van der Waals surface area contributed by atoms with Crippen LogP contribution in [-0.2, 0) is 6.54 Å². The molecule has 2 aromatic rings. The molecule has 2 heteroatoms. The van der Waals surface area contributed by atoms with Crippen molar-refractivity contribution in [3.05, 3.63) is 42.2 Å². The molecule has 1 fully saturated rings. The number of hydrogen-bond acceptors (Lipinski definition) is 2. The zero-order valence-corrected chi connectivity index (χ0v) is 10.8. The van der Waals surface area contributed by atoms with Crippen molar-refractivity contribution in [1.29, 1.82) is 0 Å². The summed E-state index contributed by atoms with van der Waals surface area (Å²) < 4.78 is 0. The minimum atomic E-state index is 1.08. The van der Waals surface area contributed by atoms with Gasteiger partial charge in [-0.1, -0.05) is 31.0 Å². The predicted molar refractivity (Wildman–Crippen MR) is 75.5 cm³/mol. The standard InChI is InChI=1S/C16H20N2/c1-2-4-11-18(10-3-1)13-15-7-5-6-14-12-17-9-8-16(14)15/h5-9,12H,1-4,10-11,13H2. The summed E-state index contributed by atoms with van der Waals surface area (Å²) in [6, 6.07) is 8.70. The molecule has 1 aromatic carbocycles. The van der Waals surface area contributed by atoms with Gasteiger partial charge in [0.2, 0.25) is 0 Å². The molecule has 1 aliphatic rings. The summed E-state index contributed by atoms with van der Waals surface area (Å²) in [5.41, 5.74) is 1.44. The Labute approximate surface area is 109 Å². The molecule has 1 aliphatic heterocycles. The Morgan fingerprint density at radius 2 is 1.83 bits per heavy atom. The fraction of sp³-hybridized carbons (Fsp3) is 0.438. The third-order valence-corrected chi connectivity index (χ3v) is 3.86. The number of aromatic nitrogens is 1. The highest BCUT2D eigenvalue weighted by molar-refractivity contribution is 5.84. The molecule has 0 N–H and O–H groups in total. The Morgan fingerprint density at radius 3 is 2.67 bits per heavy atom. The zero-order chi connectivity index (χ0) is 12.2. The Balaban J connectivity index is 1.85. The lowest BCUT2D eigenvalue weighted by molar-refractivity contribution is 0.278. The van der Waals surface area contributed by atoms with Gasteiger partial charge in [0.1, 0.15) is 0 Å². The highest BCUT2D eigenvalue weighted by atomic mass is 15.1. The minimum absolute atomic E-state index is 1.08. The summed E-state index contributed by atoms with van der Waals surface area (Å²) in [6.45, 7) is 3.59. The third-order valence-electron chi connectivity index (χ3n) is 3.86. The van der Waals surface area contributed by atoms with Gasteiger partial charge in [0.05, 0.1) is 0 Å². The van der Waals surface area contributed by atoms with Crippen LogP contribution in [0.3, 0.4) is 0 Å². The lowest BCUT2D eigenvalue weighted by Crippen LogP contribution is -2.24. The van der Waals surface area contributed by atoms with Crippen molar-refractivity contribution in [1.82, 2.24) is 9.88 Å². The SMILES string of the molecule is c1cc(CN2CCCCCC2)c2ccncc2c1. The second kappa shape index (κ2) is 5.49. The number of fused-ring (bicyclic) bond motifs is 1. The normalized spacial score (nSPS) is 17.8. The fourth-order valence-electron chi connectivity index (χ4n) is 2.86. The number of rotatable bonds is 2. The highest BCUT2D eigenvalue weighted by Gasteiger charge is 2.10. The number of benzene rings is 1. The highest BCUT2D eigenvalue weighted by Crippen LogP contribution is 2.20. The summed E-state index contributed by atoms with van der Waals surface area (Å²) in [5.74, 6) is 0. The molecule has 2 heterocycles. The zero-order valence-electron chi connectivity index (χ0n) is 10.8. The maximum Gasteiger partial charge on any atom is 0.0346 e. The van der Waals surface area contributed by atoms with E-state index in [4.69, 9.17) is 0 Å². The van der Waals surface area contributed by atoms with Gasteiger partial charge in [0, 0.05) is 24.3 Å². The number of hydrogen-bond donors (Lipinski definition) is 0. The van der Waals surface area contributed by atoms with E-state index in [1.54, 1.807) is 0 Å². The van der Waals surface area contributed by atoms with E-state index in [2.05, 4.69) is 34.1 Å². The second-order valence-corrected chi connectivity index (χ2v) is 5.20. The van der Waals surface area contributed by atoms with Crippen LogP contribution in [0.1, 0.15) is 31.2 Å². The monoisotopic (exact) mass is 240 g/mol. The van der Waals surface area contributed by atoms with Crippen molar-refractivity contribution in [2.75, 3.05) is 13.1 Å². The lowest BCUT2D eigenvalue weighted by atomic mass is 10.1. The van der Waals surface area contributed by atoms with Crippen molar-refractivity contribution < 1.29 is 0 Å². The molecular formula is C16H20N2. The number of nitrogens with zero attached hydrogens (tertiary/aromatic N) is 2. The summed E-state index contributed by atoms with van der Waals surface area (Å²) in [4.78, 5) is 6.80. The summed E-state index contributed by atoms with van der Waals surface area (Å²) >= 11 is 0. The molecule has 1 saturated heterocycles. The van der Waals surface area contributed by atoms with Crippen molar-refractivity contribution in [3.8, 4) is 0 Å². The van der Waals surface area contributed by atoms with Crippen LogP contribution in [0.25, 0.3) is 10.8 Å². The van der Waals surface area contributed by atoms with Gasteiger partial charge < -0.3 is 0 Å². The third kappa shape index (κ3) is 2.54. The Morgan fingerprint density at radius 1 is 1.00 bits per heavy atom. The van der Waals surface area contributed by atoms with Crippen molar-refractivity contribution in [3.63, 3.8) is 0 Å². The molecule has 0 aliphatic carbocycles. The molecule has 2 nitrogen and oxygen atoms in total. The molecule has 0 radical (unpaired) electrons. The number of likely N-dealkylation sites (tertiary alicyclic amines) is 1. The molecule has 0 saturated carbocycles.